The Bertz CT molecular complexity index is 939. The largest absolute Gasteiger partial charge is 0.316 e. The van der Waals surface area contributed by atoms with Gasteiger partial charge in [-0.1, -0.05) is 36.9 Å². The molecule has 30 heavy (non-hydrogen) atoms. The van der Waals surface area contributed by atoms with Crippen LogP contribution in [0.2, 0.25) is 0 Å². The van der Waals surface area contributed by atoms with Crippen molar-refractivity contribution in [1.29, 1.82) is 0 Å². The smallest absolute Gasteiger partial charge is 0.169 e. The predicted octanol–water partition coefficient (Wildman–Crippen LogP) is 3.63. The number of rotatable bonds is 8. The van der Waals surface area contributed by atoms with Crippen LogP contribution in [-0.2, 0) is 13.0 Å². The molecule has 0 spiro atoms. The summed E-state index contributed by atoms with van der Waals surface area (Å²) in [7, 11) is 0. The van der Waals surface area contributed by atoms with Gasteiger partial charge < -0.3 is 9.88 Å². The van der Waals surface area contributed by atoms with E-state index in [1.165, 1.54) is 18.4 Å². The standard InChI is InChI=1S/C23H30N6S/c1-3-17-6-4-7-18(14-17)21-22(29-12-13-30-23(29)28-21)20(24-2)9-11-26-16-27-19-8-5-10-25-15-19/h4,6-7,9,11,14,19,25,27H,2-3,5,8,10,12-13,15-16H2,1H3/b20-9-,26-11-. The molecule has 3 heterocycles. The molecule has 0 bridgehead atoms. The number of hydrogen-bond donors (Lipinski definition) is 2. The van der Waals surface area contributed by atoms with Crippen LogP contribution in [0.25, 0.3) is 17.0 Å². The molecule has 0 amide bonds. The van der Waals surface area contributed by atoms with Crippen LogP contribution >= 0.6 is 11.8 Å². The van der Waals surface area contributed by atoms with E-state index in [-0.39, 0.29) is 0 Å². The van der Waals surface area contributed by atoms with Crippen molar-refractivity contribution in [2.75, 3.05) is 25.5 Å². The van der Waals surface area contributed by atoms with Crippen molar-refractivity contribution < 1.29 is 0 Å². The van der Waals surface area contributed by atoms with Crippen LogP contribution < -0.4 is 10.6 Å². The minimum absolute atomic E-state index is 0.504. The Morgan fingerprint density at radius 1 is 1.47 bits per heavy atom. The van der Waals surface area contributed by atoms with E-state index in [9.17, 15) is 0 Å². The molecule has 1 aromatic carbocycles. The van der Waals surface area contributed by atoms with Gasteiger partial charge >= 0.3 is 0 Å². The average Bonchev–Trinajstić information content (AvgIpc) is 3.39. The third kappa shape index (κ3) is 4.74. The lowest BCUT2D eigenvalue weighted by Crippen LogP contribution is -2.43. The number of benzene rings is 1. The Morgan fingerprint density at radius 2 is 2.40 bits per heavy atom. The van der Waals surface area contributed by atoms with Gasteiger partial charge in [-0.2, -0.15) is 0 Å². The van der Waals surface area contributed by atoms with Crippen LogP contribution in [0.4, 0.5) is 0 Å². The molecule has 2 aromatic rings. The highest BCUT2D eigenvalue weighted by molar-refractivity contribution is 7.99. The predicted molar refractivity (Wildman–Crippen MR) is 128 cm³/mol. The third-order valence-corrected chi connectivity index (χ3v) is 6.56. The van der Waals surface area contributed by atoms with Gasteiger partial charge in [-0.3, -0.25) is 15.3 Å². The van der Waals surface area contributed by atoms with Gasteiger partial charge in [0.15, 0.2) is 5.16 Å². The number of nitrogens with one attached hydrogen (secondary N) is 2. The van der Waals surface area contributed by atoms with Crippen molar-refractivity contribution in [3.8, 4) is 11.3 Å². The maximum atomic E-state index is 4.94. The van der Waals surface area contributed by atoms with Gasteiger partial charge in [0.2, 0.25) is 0 Å². The third-order valence-electron chi connectivity index (χ3n) is 5.61. The SMILES string of the molecule is C=N/C(=C\C=N/CNC1CCCNC1)c1c(-c2cccc(CC)c2)nc2n1CCS2. The molecule has 4 rings (SSSR count). The summed E-state index contributed by atoms with van der Waals surface area (Å²) in [5.41, 5.74) is 5.27. The van der Waals surface area contributed by atoms with Gasteiger partial charge in [0.05, 0.1) is 23.8 Å². The highest BCUT2D eigenvalue weighted by atomic mass is 32.2. The molecular weight excluding hydrogens is 392 g/mol. The Morgan fingerprint density at radius 3 is 3.20 bits per heavy atom. The lowest BCUT2D eigenvalue weighted by atomic mass is 10.0. The fourth-order valence-electron chi connectivity index (χ4n) is 3.97. The van der Waals surface area contributed by atoms with Gasteiger partial charge in [-0.15, -0.1) is 0 Å². The van der Waals surface area contributed by atoms with Crippen LogP contribution in [0.15, 0.2) is 45.5 Å². The highest BCUT2D eigenvalue weighted by Gasteiger charge is 2.24. The van der Waals surface area contributed by atoms with Crippen molar-refractivity contribution in [3.05, 3.63) is 41.6 Å². The Balaban J connectivity index is 1.56. The number of fused-ring (bicyclic) bond motifs is 1. The molecule has 158 valence electrons. The lowest BCUT2D eigenvalue weighted by Gasteiger charge is -2.22. The zero-order chi connectivity index (χ0) is 20.8. The molecule has 2 N–H and O–H groups in total. The summed E-state index contributed by atoms with van der Waals surface area (Å²) in [5.74, 6) is 1.04. The first kappa shape index (κ1) is 21.0. The maximum Gasteiger partial charge on any atom is 0.169 e. The second kappa shape index (κ2) is 10.2. The highest BCUT2D eigenvalue weighted by Crippen LogP contribution is 2.37. The summed E-state index contributed by atoms with van der Waals surface area (Å²) in [6.07, 6.45) is 7.22. The number of aliphatic imine (C=N–C) groups is 2. The first-order valence-corrected chi connectivity index (χ1v) is 11.7. The van der Waals surface area contributed by atoms with E-state index in [0.717, 1.165) is 59.6 Å². The summed E-state index contributed by atoms with van der Waals surface area (Å²) >= 11 is 1.80. The van der Waals surface area contributed by atoms with Gasteiger partial charge in [0.25, 0.3) is 0 Å². The minimum atomic E-state index is 0.504. The van der Waals surface area contributed by atoms with E-state index < -0.39 is 0 Å². The van der Waals surface area contributed by atoms with Gasteiger partial charge in [0, 0.05) is 36.7 Å². The van der Waals surface area contributed by atoms with E-state index in [0.29, 0.717) is 12.7 Å². The molecule has 0 aliphatic carbocycles. The van der Waals surface area contributed by atoms with Crippen molar-refractivity contribution in [2.45, 2.75) is 43.9 Å². The number of thioether (sulfide) groups is 1. The van der Waals surface area contributed by atoms with Crippen LogP contribution in [0, 0.1) is 0 Å². The molecule has 0 radical (unpaired) electrons. The molecule has 1 unspecified atom stereocenters. The van der Waals surface area contributed by atoms with Crippen LogP contribution in [0.5, 0.6) is 0 Å². The molecular formula is C23H30N6S. The number of hydrogen-bond acceptors (Lipinski definition) is 6. The summed E-state index contributed by atoms with van der Waals surface area (Å²) in [6, 6.07) is 9.12. The fourth-order valence-corrected chi connectivity index (χ4v) is 4.92. The minimum Gasteiger partial charge on any atom is -0.316 e. The molecule has 1 aromatic heterocycles. The van der Waals surface area contributed by atoms with Crippen LogP contribution in [0.1, 0.15) is 31.0 Å². The van der Waals surface area contributed by atoms with E-state index in [2.05, 4.69) is 63.1 Å². The zero-order valence-corrected chi connectivity index (χ0v) is 18.4. The zero-order valence-electron chi connectivity index (χ0n) is 17.6. The van der Waals surface area contributed by atoms with Crippen LogP contribution in [-0.4, -0.2) is 54.0 Å². The fraction of sp³-hybridized carbons (Fsp3) is 0.435. The number of nitrogens with zero attached hydrogens (tertiary/aromatic N) is 4. The summed E-state index contributed by atoms with van der Waals surface area (Å²) in [6.45, 7) is 9.70. The van der Waals surface area contributed by atoms with E-state index >= 15 is 0 Å². The molecule has 0 saturated carbocycles. The number of aryl methyl sites for hydroxylation is 1. The van der Waals surface area contributed by atoms with E-state index in [4.69, 9.17) is 4.98 Å². The molecule has 7 heteroatoms. The summed E-state index contributed by atoms with van der Waals surface area (Å²) in [4.78, 5) is 13.8. The summed E-state index contributed by atoms with van der Waals surface area (Å²) in [5, 5.41) is 7.95. The normalized spacial score (nSPS) is 19.4. The average molecular weight is 423 g/mol. The van der Waals surface area contributed by atoms with E-state index in [1.54, 1.807) is 11.8 Å². The van der Waals surface area contributed by atoms with Crippen molar-refractivity contribution in [3.63, 3.8) is 0 Å². The second-order valence-corrected chi connectivity index (χ2v) is 8.65. The molecule has 1 atom stereocenters. The number of allylic oxidation sites excluding steroid dienone is 1. The Labute approximate surface area is 183 Å². The molecule has 2 aliphatic heterocycles. The first-order valence-electron chi connectivity index (χ1n) is 10.7. The van der Waals surface area contributed by atoms with Gasteiger partial charge in [-0.05, 0) is 50.2 Å². The van der Waals surface area contributed by atoms with Crippen molar-refractivity contribution in [2.24, 2.45) is 9.98 Å². The van der Waals surface area contributed by atoms with Crippen molar-refractivity contribution in [1.82, 2.24) is 20.2 Å². The molecule has 6 nitrogen and oxygen atoms in total. The first-order chi connectivity index (χ1) is 14.8. The quantitative estimate of drug-likeness (QED) is 0.638. The Kier molecular flexibility index (Phi) is 7.15. The Hall–Kier alpha value is -2.22. The van der Waals surface area contributed by atoms with Crippen LogP contribution in [0.3, 0.4) is 0 Å². The van der Waals surface area contributed by atoms with E-state index in [1.807, 2.05) is 12.3 Å². The second-order valence-electron chi connectivity index (χ2n) is 7.59. The molecule has 1 saturated heterocycles. The molecule has 1 fully saturated rings. The molecule has 2 aliphatic rings. The summed E-state index contributed by atoms with van der Waals surface area (Å²) < 4.78 is 2.26. The van der Waals surface area contributed by atoms with Gasteiger partial charge in [0.1, 0.15) is 0 Å². The van der Waals surface area contributed by atoms with Crippen molar-refractivity contribution >= 4 is 30.4 Å². The number of imidazole rings is 1. The number of aromatic nitrogens is 2. The monoisotopic (exact) mass is 422 g/mol. The number of piperidine rings is 1. The van der Waals surface area contributed by atoms with Gasteiger partial charge in [-0.25, -0.2) is 4.98 Å². The maximum absolute atomic E-state index is 4.94. The topological polar surface area (TPSA) is 66.6 Å². The lowest BCUT2D eigenvalue weighted by molar-refractivity contribution is 0.395.